The fourth-order valence-corrected chi connectivity index (χ4v) is 12.0. The van der Waals surface area contributed by atoms with E-state index in [0.29, 0.717) is 0 Å². The Balaban J connectivity index is 1.05. The van der Waals surface area contributed by atoms with Gasteiger partial charge in [-0.1, -0.05) is 188 Å². The van der Waals surface area contributed by atoms with Gasteiger partial charge in [-0.05, 0) is 126 Å². The lowest BCUT2D eigenvalue weighted by Gasteiger charge is -2.31. The molecule has 10 aromatic carbocycles. The van der Waals surface area contributed by atoms with Crippen LogP contribution in [0.5, 0.6) is 0 Å². The molecule has 0 saturated carbocycles. The van der Waals surface area contributed by atoms with Gasteiger partial charge in [0.15, 0.2) is 0 Å². The van der Waals surface area contributed by atoms with Crippen LogP contribution < -0.4 is 4.90 Å². The first-order valence-corrected chi connectivity index (χ1v) is 22.6. The average molecular weight is 818 g/mol. The van der Waals surface area contributed by atoms with Crippen molar-refractivity contribution in [2.45, 2.75) is 5.41 Å². The van der Waals surface area contributed by atoms with Crippen LogP contribution in [-0.4, -0.2) is 0 Å². The topological polar surface area (TPSA) is 3.24 Å². The van der Waals surface area contributed by atoms with Gasteiger partial charge < -0.3 is 4.90 Å². The van der Waals surface area contributed by atoms with Gasteiger partial charge in [0, 0.05) is 37.2 Å². The Bertz CT molecular complexity index is 3490. The molecule has 0 N–H and O–H groups in total. The first-order chi connectivity index (χ1) is 31.3. The number of benzene rings is 10. The van der Waals surface area contributed by atoms with Crippen molar-refractivity contribution in [1.82, 2.24) is 0 Å². The van der Waals surface area contributed by atoms with Crippen molar-refractivity contribution in [3.05, 3.63) is 259 Å². The van der Waals surface area contributed by atoms with Gasteiger partial charge in [0.05, 0.1) is 5.41 Å². The highest BCUT2D eigenvalue weighted by Crippen LogP contribution is 2.66. The van der Waals surface area contributed by atoms with Crippen molar-refractivity contribution in [1.29, 1.82) is 0 Å². The van der Waals surface area contributed by atoms with Crippen molar-refractivity contribution in [2.24, 2.45) is 0 Å². The molecule has 294 valence electrons. The number of para-hydroxylation sites is 1. The molecule has 63 heavy (non-hydrogen) atoms. The SMILES string of the molecule is c1ccc(-c2ccc(-c3ccc(N(c4ccccc4)c4ccc5c(c4)-c4c(cc6sc7ccccc7c6c4-c4ccccc4)C54c5ccccc5-c5ccccc54)cc3)cc2)cc1. The van der Waals surface area contributed by atoms with Crippen molar-refractivity contribution in [2.75, 3.05) is 4.90 Å². The van der Waals surface area contributed by atoms with E-state index in [1.54, 1.807) is 0 Å². The van der Waals surface area contributed by atoms with Gasteiger partial charge in [-0.15, -0.1) is 11.3 Å². The zero-order valence-electron chi connectivity index (χ0n) is 34.4. The van der Waals surface area contributed by atoms with Crippen LogP contribution >= 0.6 is 11.3 Å². The van der Waals surface area contributed by atoms with Crippen LogP contribution in [-0.2, 0) is 5.41 Å². The second-order valence-corrected chi connectivity index (χ2v) is 17.8. The first kappa shape index (κ1) is 35.9. The fourth-order valence-electron chi connectivity index (χ4n) is 10.8. The molecule has 2 heteroatoms. The standard InChI is InChI=1S/C61H39NS/c1-4-16-40(17-5-1)41-28-30-42(31-29-41)43-32-34-46(35-33-43)62(45-20-8-3-9-21-45)47-36-37-54-51(38-47)59-55(61(54)52-25-13-10-22-48(52)49-23-11-14-26-53(49)61)39-57-60(50-24-12-15-27-56(50)63-57)58(59)44-18-6-2-7-19-44/h1-39H. The van der Waals surface area contributed by atoms with E-state index in [1.807, 2.05) is 11.3 Å². The predicted octanol–water partition coefficient (Wildman–Crippen LogP) is 16.9. The van der Waals surface area contributed by atoms with E-state index in [-0.39, 0.29) is 0 Å². The number of rotatable bonds is 6. The van der Waals surface area contributed by atoms with Gasteiger partial charge in [-0.2, -0.15) is 0 Å². The number of thiophene rings is 1. The second-order valence-electron chi connectivity index (χ2n) is 16.7. The lowest BCUT2D eigenvalue weighted by atomic mass is 9.70. The van der Waals surface area contributed by atoms with Gasteiger partial charge in [-0.25, -0.2) is 0 Å². The molecule has 0 atom stereocenters. The summed E-state index contributed by atoms with van der Waals surface area (Å²) in [5.41, 5.74) is 20.9. The van der Waals surface area contributed by atoms with E-state index in [4.69, 9.17) is 0 Å². The van der Waals surface area contributed by atoms with E-state index in [2.05, 4.69) is 241 Å². The van der Waals surface area contributed by atoms with Gasteiger partial charge in [-0.3, -0.25) is 0 Å². The Hall–Kier alpha value is -7.78. The van der Waals surface area contributed by atoms with Crippen LogP contribution in [0.15, 0.2) is 237 Å². The maximum Gasteiger partial charge on any atom is 0.0726 e. The molecule has 11 aromatic rings. The molecule has 0 amide bonds. The molecule has 0 saturated heterocycles. The molecular formula is C61H39NS. The van der Waals surface area contributed by atoms with Gasteiger partial charge in [0.1, 0.15) is 0 Å². The molecule has 2 aliphatic carbocycles. The lowest BCUT2D eigenvalue weighted by molar-refractivity contribution is 0.795. The monoisotopic (exact) mass is 817 g/mol. The summed E-state index contributed by atoms with van der Waals surface area (Å²) in [7, 11) is 0. The van der Waals surface area contributed by atoms with Crippen LogP contribution in [0, 0.1) is 0 Å². The lowest BCUT2D eigenvalue weighted by Crippen LogP contribution is -2.26. The predicted molar refractivity (Wildman–Crippen MR) is 267 cm³/mol. The third-order valence-corrected chi connectivity index (χ3v) is 14.6. The van der Waals surface area contributed by atoms with Crippen LogP contribution in [0.4, 0.5) is 17.1 Å². The van der Waals surface area contributed by atoms with E-state index in [0.717, 1.165) is 17.1 Å². The zero-order valence-corrected chi connectivity index (χ0v) is 35.2. The van der Waals surface area contributed by atoms with Crippen molar-refractivity contribution in [3.8, 4) is 55.6 Å². The molecule has 1 heterocycles. The van der Waals surface area contributed by atoms with Gasteiger partial charge in [0.2, 0.25) is 0 Å². The highest BCUT2D eigenvalue weighted by Gasteiger charge is 2.52. The fraction of sp³-hybridized carbons (Fsp3) is 0.0164. The maximum absolute atomic E-state index is 2.56. The molecule has 0 radical (unpaired) electrons. The van der Waals surface area contributed by atoms with Crippen molar-refractivity contribution < 1.29 is 0 Å². The minimum absolute atomic E-state index is 0.487. The average Bonchev–Trinajstić information content (AvgIpc) is 3.98. The molecular weight excluding hydrogens is 779 g/mol. The molecule has 1 aromatic heterocycles. The van der Waals surface area contributed by atoms with E-state index < -0.39 is 5.41 Å². The Morgan fingerprint density at radius 2 is 0.778 bits per heavy atom. The summed E-state index contributed by atoms with van der Waals surface area (Å²) in [4.78, 5) is 2.42. The van der Waals surface area contributed by atoms with Gasteiger partial charge in [0.25, 0.3) is 0 Å². The van der Waals surface area contributed by atoms with Crippen LogP contribution in [0.25, 0.3) is 75.8 Å². The highest BCUT2D eigenvalue weighted by molar-refractivity contribution is 7.26. The molecule has 0 fully saturated rings. The zero-order chi connectivity index (χ0) is 41.5. The molecule has 0 aliphatic heterocycles. The number of hydrogen-bond donors (Lipinski definition) is 0. The van der Waals surface area contributed by atoms with Gasteiger partial charge >= 0.3 is 0 Å². The maximum atomic E-state index is 2.56. The Kier molecular flexibility index (Phi) is 8.06. The third kappa shape index (κ3) is 5.35. The highest BCUT2D eigenvalue weighted by atomic mass is 32.1. The van der Waals surface area contributed by atoms with Crippen LogP contribution in [0.2, 0.25) is 0 Å². The molecule has 0 unspecified atom stereocenters. The summed E-state index contributed by atoms with van der Waals surface area (Å²) in [6.45, 7) is 0. The second kappa shape index (κ2) is 14.1. The minimum atomic E-state index is -0.487. The number of nitrogens with zero attached hydrogens (tertiary/aromatic N) is 1. The Morgan fingerprint density at radius 3 is 1.43 bits per heavy atom. The third-order valence-electron chi connectivity index (χ3n) is 13.5. The quantitative estimate of drug-likeness (QED) is 0.162. The van der Waals surface area contributed by atoms with E-state index in [1.165, 1.54) is 98.1 Å². The summed E-state index contributed by atoms with van der Waals surface area (Å²) in [5.74, 6) is 0. The number of fused-ring (bicyclic) bond motifs is 13. The van der Waals surface area contributed by atoms with E-state index >= 15 is 0 Å². The Morgan fingerprint density at radius 1 is 0.302 bits per heavy atom. The summed E-state index contributed by atoms with van der Waals surface area (Å²) in [6, 6.07) is 87.6. The molecule has 0 bridgehead atoms. The molecule has 13 rings (SSSR count). The largest absolute Gasteiger partial charge is 0.310 e. The summed E-state index contributed by atoms with van der Waals surface area (Å²) >= 11 is 1.91. The number of anilines is 3. The van der Waals surface area contributed by atoms with Crippen molar-refractivity contribution in [3.63, 3.8) is 0 Å². The van der Waals surface area contributed by atoms with Crippen molar-refractivity contribution >= 4 is 48.6 Å². The molecule has 1 spiro atoms. The minimum Gasteiger partial charge on any atom is -0.310 e. The normalized spacial score (nSPS) is 12.9. The summed E-state index contributed by atoms with van der Waals surface area (Å²) < 4.78 is 2.64. The summed E-state index contributed by atoms with van der Waals surface area (Å²) in [5, 5.41) is 2.64. The molecule has 2 aliphatic rings. The van der Waals surface area contributed by atoms with E-state index in [9.17, 15) is 0 Å². The Labute approximate surface area is 371 Å². The smallest absolute Gasteiger partial charge is 0.0726 e. The number of hydrogen-bond acceptors (Lipinski definition) is 2. The first-order valence-electron chi connectivity index (χ1n) is 21.8. The molecule has 1 nitrogen and oxygen atoms in total. The summed E-state index contributed by atoms with van der Waals surface area (Å²) in [6.07, 6.45) is 0. The van der Waals surface area contributed by atoms with Crippen LogP contribution in [0.1, 0.15) is 22.3 Å². The van der Waals surface area contributed by atoms with Crippen LogP contribution in [0.3, 0.4) is 0 Å².